The first-order chi connectivity index (χ1) is 9.88. The van der Waals surface area contributed by atoms with Crippen LogP contribution in [0.15, 0.2) is 28.8 Å². The summed E-state index contributed by atoms with van der Waals surface area (Å²) in [6.07, 6.45) is -2.17. The van der Waals surface area contributed by atoms with Crippen molar-refractivity contribution in [2.24, 2.45) is 5.92 Å². The van der Waals surface area contributed by atoms with E-state index < -0.39 is 11.7 Å². The van der Waals surface area contributed by atoms with E-state index in [1.807, 2.05) is 6.92 Å². The number of anilines is 1. The van der Waals surface area contributed by atoms with E-state index >= 15 is 0 Å². The molecule has 1 atom stereocenters. The second-order valence-electron chi connectivity index (χ2n) is 5.51. The first-order valence-corrected chi connectivity index (χ1v) is 6.80. The van der Waals surface area contributed by atoms with E-state index in [2.05, 4.69) is 5.16 Å². The van der Waals surface area contributed by atoms with Gasteiger partial charge in [0.2, 0.25) is 5.88 Å². The number of hydrogen-bond acceptors (Lipinski definition) is 3. The minimum Gasteiger partial charge on any atom is -0.367 e. The number of hydrogen-bond donors (Lipinski definition) is 1. The van der Waals surface area contributed by atoms with Gasteiger partial charge in [-0.25, -0.2) is 0 Å². The number of benzene rings is 1. The molecule has 0 spiro atoms. The SMILES string of the molecule is CC(c1noc(N)c1-c1cccc(C(F)(F)F)c1)C1CC1. The first-order valence-electron chi connectivity index (χ1n) is 6.80. The third kappa shape index (κ3) is 2.62. The minimum absolute atomic E-state index is 0.0665. The van der Waals surface area contributed by atoms with Crippen molar-refractivity contribution in [2.45, 2.75) is 31.9 Å². The van der Waals surface area contributed by atoms with Gasteiger partial charge >= 0.3 is 6.18 Å². The molecule has 21 heavy (non-hydrogen) atoms. The molecule has 0 radical (unpaired) electrons. The fourth-order valence-corrected chi connectivity index (χ4v) is 2.59. The molecule has 112 valence electrons. The zero-order valence-corrected chi connectivity index (χ0v) is 11.4. The van der Waals surface area contributed by atoms with Crippen molar-refractivity contribution in [3.05, 3.63) is 35.5 Å². The highest BCUT2D eigenvalue weighted by atomic mass is 19.4. The standard InChI is InChI=1S/C15H15F3N2O/c1-8(9-5-6-9)13-12(14(19)21-20-13)10-3-2-4-11(7-10)15(16,17)18/h2-4,7-9H,5-6,19H2,1H3. The van der Waals surface area contributed by atoms with Gasteiger partial charge in [0, 0.05) is 5.92 Å². The van der Waals surface area contributed by atoms with Gasteiger partial charge < -0.3 is 10.3 Å². The highest BCUT2D eigenvalue weighted by Crippen LogP contribution is 2.46. The van der Waals surface area contributed by atoms with Crippen LogP contribution in [0.3, 0.4) is 0 Å². The normalized spacial score (nSPS) is 17.0. The number of alkyl halides is 3. The van der Waals surface area contributed by atoms with Crippen LogP contribution in [-0.4, -0.2) is 5.16 Å². The molecule has 2 aromatic rings. The molecule has 1 aromatic carbocycles. The van der Waals surface area contributed by atoms with Crippen molar-refractivity contribution in [1.29, 1.82) is 0 Å². The van der Waals surface area contributed by atoms with Crippen molar-refractivity contribution in [3.8, 4) is 11.1 Å². The van der Waals surface area contributed by atoms with E-state index in [0.29, 0.717) is 22.7 Å². The van der Waals surface area contributed by atoms with E-state index in [-0.39, 0.29) is 11.8 Å². The molecule has 0 saturated heterocycles. The highest BCUT2D eigenvalue weighted by Gasteiger charge is 2.35. The molecule has 2 N–H and O–H groups in total. The largest absolute Gasteiger partial charge is 0.416 e. The topological polar surface area (TPSA) is 52.0 Å². The number of nitrogens with two attached hydrogens (primary N) is 1. The molecule has 1 aliphatic carbocycles. The molecule has 0 bridgehead atoms. The summed E-state index contributed by atoms with van der Waals surface area (Å²) in [5.74, 6) is 0.714. The Balaban J connectivity index is 2.06. The van der Waals surface area contributed by atoms with Gasteiger partial charge in [0.15, 0.2) is 0 Å². The molecule has 1 saturated carbocycles. The summed E-state index contributed by atoms with van der Waals surface area (Å²) in [7, 11) is 0. The lowest BCUT2D eigenvalue weighted by Crippen LogP contribution is -2.05. The van der Waals surface area contributed by atoms with Crippen LogP contribution in [0.2, 0.25) is 0 Å². The fourth-order valence-electron chi connectivity index (χ4n) is 2.59. The van der Waals surface area contributed by atoms with Crippen LogP contribution < -0.4 is 5.73 Å². The average Bonchev–Trinajstić information content (AvgIpc) is 3.20. The monoisotopic (exact) mass is 296 g/mol. The fraction of sp³-hybridized carbons (Fsp3) is 0.400. The van der Waals surface area contributed by atoms with Crippen molar-refractivity contribution in [3.63, 3.8) is 0 Å². The van der Waals surface area contributed by atoms with Crippen molar-refractivity contribution < 1.29 is 17.7 Å². The summed E-state index contributed by atoms with van der Waals surface area (Å²) >= 11 is 0. The lowest BCUT2D eigenvalue weighted by molar-refractivity contribution is -0.137. The van der Waals surface area contributed by atoms with Gasteiger partial charge in [-0.2, -0.15) is 13.2 Å². The molecule has 0 aliphatic heterocycles. The summed E-state index contributed by atoms with van der Waals surface area (Å²) in [5.41, 5.74) is 6.61. The summed E-state index contributed by atoms with van der Waals surface area (Å²) in [5, 5.41) is 3.96. The van der Waals surface area contributed by atoms with E-state index in [4.69, 9.17) is 10.3 Å². The van der Waals surface area contributed by atoms with Gasteiger partial charge in [0.1, 0.15) is 0 Å². The quantitative estimate of drug-likeness (QED) is 0.910. The lowest BCUT2D eigenvalue weighted by Gasteiger charge is -2.11. The first kappa shape index (κ1) is 14.0. The van der Waals surface area contributed by atoms with Crippen molar-refractivity contribution in [2.75, 3.05) is 5.73 Å². The molecule has 1 aromatic heterocycles. The molecule has 1 unspecified atom stereocenters. The molecule has 3 nitrogen and oxygen atoms in total. The highest BCUT2D eigenvalue weighted by molar-refractivity contribution is 5.76. The molecule has 1 heterocycles. The Morgan fingerprint density at radius 3 is 2.67 bits per heavy atom. The van der Waals surface area contributed by atoms with Crippen molar-refractivity contribution in [1.82, 2.24) is 5.16 Å². The molecule has 1 fully saturated rings. The Kier molecular flexibility index (Phi) is 3.19. The molecule has 0 amide bonds. The van der Waals surface area contributed by atoms with E-state index in [0.717, 1.165) is 25.0 Å². The maximum absolute atomic E-state index is 12.8. The maximum atomic E-state index is 12.8. The average molecular weight is 296 g/mol. The van der Waals surface area contributed by atoms with Crippen LogP contribution in [0.4, 0.5) is 19.1 Å². The third-order valence-electron chi connectivity index (χ3n) is 3.98. The number of aromatic nitrogens is 1. The minimum atomic E-state index is -4.38. The number of rotatable bonds is 3. The predicted octanol–water partition coefficient (Wildman–Crippen LogP) is 4.46. The zero-order chi connectivity index (χ0) is 15.2. The molecular formula is C15H15F3N2O. The molecule has 3 rings (SSSR count). The molecular weight excluding hydrogens is 281 g/mol. The summed E-state index contributed by atoms with van der Waals surface area (Å²) in [4.78, 5) is 0. The summed E-state index contributed by atoms with van der Waals surface area (Å²) in [6.45, 7) is 2.01. The smallest absolute Gasteiger partial charge is 0.367 e. The summed E-state index contributed by atoms with van der Waals surface area (Å²) < 4.78 is 43.5. The zero-order valence-electron chi connectivity index (χ0n) is 11.4. The Bertz CT molecular complexity index is 659. The maximum Gasteiger partial charge on any atom is 0.416 e. The number of nitrogens with zero attached hydrogens (tertiary/aromatic N) is 1. The number of halogens is 3. The van der Waals surface area contributed by atoms with E-state index in [1.54, 1.807) is 6.07 Å². The van der Waals surface area contributed by atoms with Crippen LogP contribution in [0.5, 0.6) is 0 Å². The Morgan fingerprint density at radius 1 is 1.33 bits per heavy atom. The Morgan fingerprint density at radius 2 is 2.05 bits per heavy atom. The Labute approximate surface area is 119 Å². The third-order valence-corrected chi connectivity index (χ3v) is 3.98. The molecule has 6 heteroatoms. The van der Waals surface area contributed by atoms with Crippen LogP contribution in [-0.2, 0) is 6.18 Å². The second kappa shape index (κ2) is 4.79. The van der Waals surface area contributed by atoms with Gasteiger partial charge in [-0.1, -0.05) is 24.2 Å². The Hall–Kier alpha value is -1.98. The number of nitrogen functional groups attached to an aromatic ring is 1. The van der Waals surface area contributed by atoms with Crippen molar-refractivity contribution >= 4 is 5.88 Å². The molecule has 1 aliphatic rings. The second-order valence-corrected chi connectivity index (χ2v) is 5.51. The van der Waals surface area contributed by atoms with E-state index in [1.165, 1.54) is 6.07 Å². The van der Waals surface area contributed by atoms with Crippen LogP contribution in [0.1, 0.15) is 36.9 Å². The van der Waals surface area contributed by atoms with Crippen LogP contribution >= 0.6 is 0 Å². The summed E-state index contributed by atoms with van der Waals surface area (Å²) in [6, 6.07) is 5.10. The van der Waals surface area contributed by atoms with Gasteiger partial charge in [-0.15, -0.1) is 0 Å². The van der Waals surface area contributed by atoms with Gasteiger partial charge in [0.05, 0.1) is 16.8 Å². The van der Waals surface area contributed by atoms with Crippen LogP contribution in [0, 0.1) is 5.92 Å². The van der Waals surface area contributed by atoms with Gasteiger partial charge in [-0.3, -0.25) is 0 Å². The lowest BCUT2D eigenvalue weighted by atomic mass is 9.94. The van der Waals surface area contributed by atoms with E-state index in [9.17, 15) is 13.2 Å². The predicted molar refractivity (Wildman–Crippen MR) is 72.5 cm³/mol. The van der Waals surface area contributed by atoms with Gasteiger partial charge in [0.25, 0.3) is 0 Å². The van der Waals surface area contributed by atoms with Crippen LogP contribution in [0.25, 0.3) is 11.1 Å². The van der Waals surface area contributed by atoms with Gasteiger partial charge in [-0.05, 0) is 36.5 Å².